The van der Waals surface area contributed by atoms with Crippen molar-refractivity contribution in [1.29, 1.82) is 0 Å². The second kappa shape index (κ2) is 7.08. The van der Waals surface area contributed by atoms with Gasteiger partial charge in [0.15, 0.2) is 0 Å². The van der Waals surface area contributed by atoms with Crippen LogP contribution < -0.4 is 11.0 Å². The van der Waals surface area contributed by atoms with Gasteiger partial charge in [0.2, 0.25) is 17.6 Å². The maximum absolute atomic E-state index is 12.1. The molecule has 4 aromatic rings. The highest BCUT2D eigenvalue weighted by Gasteiger charge is 2.11. The molecule has 136 valence electrons. The number of nitrogens with one attached hydrogen (secondary N) is 3. The van der Waals surface area contributed by atoms with Crippen molar-refractivity contribution in [3.05, 3.63) is 63.9 Å². The monoisotopic (exact) mass is 383 g/mol. The number of imidazole rings is 1. The molecule has 0 unspecified atom stereocenters. The van der Waals surface area contributed by atoms with Gasteiger partial charge in [0.1, 0.15) is 0 Å². The third kappa shape index (κ3) is 3.90. The largest absolute Gasteiger partial charge is 0.339 e. The van der Waals surface area contributed by atoms with Crippen molar-refractivity contribution in [2.45, 2.75) is 12.8 Å². The first-order valence-electron chi connectivity index (χ1n) is 8.17. The van der Waals surface area contributed by atoms with E-state index < -0.39 is 0 Å². The summed E-state index contributed by atoms with van der Waals surface area (Å²) in [6, 6.07) is 12.2. The third-order valence-corrected chi connectivity index (χ3v) is 4.19. The van der Waals surface area contributed by atoms with Crippen molar-refractivity contribution in [1.82, 2.24) is 20.1 Å². The number of anilines is 1. The number of carbonyl (C=O) groups is 1. The highest BCUT2D eigenvalue weighted by molar-refractivity contribution is 6.30. The van der Waals surface area contributed by atoms with Crippen LogP contribution in [0.3, 0.4) is 0 Å². The second-order valence-electron chi connectivity index (χ2n) is 5.91. The fraction of sp³-hybridized carbons (Fsp3) is 0.111. The molecule has 0 saturated carbocycles. The van der Waals surface area contributed by atoms with E-state index in [-0.39, 0.29) is 18.0 Å². The van der Waals surface area contributed by atoms with Crippen LogP contribution in [0.25, 0.3) is 22.4 Å². The van der Waals surface area contributed by atoms with Crippen molar-refractivity contribution in [3.63, 3.8) is 0 Å². The predicted octanol–water partition coefficient (Wildman–Crippen LogP) is 3.13. The fourth-order valence-electron chi connectivity index (χ4n) is 2.63. The second-order valence-corrected chi connectivity index (χ2v) is 6.34. The number of amides is 1. The van der Waals surface area contributed by atoms with E-state index in [1.165, 1.54) is 0 Å². The van der Waals surface area contributed by atoms with Gasteiger partial charge in [-0.05, 0) is 42.5 Å². The third-order valence-electron chi connectivity index (χ3n) is 3.94. The molecule has 0 spiro atoms. The van der Waals surface area contributed by atoms with Crippen LogP contribution in [0.2, 0.25) is 5.02 Å². The lowest BCUT2D eigenvalue weighted by Gasteiger charge is -2.04. The van der Waals surface area contributed by atoms with Crippen molar-refractivity contribution < 1.29 is 9.32 Å². The summed E-state index contributed by atoms with van der Waals surface area (Å²) in [5, 5.41) is 7.32. The number of hydrogen-bond donors (Lipinski definition) is 3. The highest BCUT2D eigenvalue weighted by atomic mass is 35.5. The van der Waals surface area contributed by atoms with Gasteiger partial charge in [-0.3, -0.25) is 4.79 Å². The summed E-state index contributed by atoms with van der Waals surface area (Å²) in [5.41, 5.74) is 2.39. The van der Waals surface area contributed by atoms with Crippen molar-refractivity contribution >= 4 is 34.2 Å². The zero-order valence-electron chi connectivity index (χ0n) is 14.0. The summed E-state index contributed by atoms with van der Waals surface area (Å²) in [7, 11) is 0. The van der Waals surface area contributed by atoms with Crippen LogP contribution in [-0.2, 0) is 11.2 Å². The van der Waals surface area contributed by atoms with Gasteiger partial charge in [-0.15, -0.1) is 0 Å². The highest BCUT2D eigenvalue weighted by Crippen LogP contribution is 2.19. The van der Waals surface area contributed by atoms with Crippen molar-refractivity contribution in [2.24, 2.45) is 0 Å². The van der Waals surface area contributed by atoms with E-state index in [1.54, 1.807) is 42.5 Å². The number of H-pyrrole nitrogens is 2. The van der Waals surface area contributed by atoms with Crippen LogP contribution in [0.5, 0.6) is 0 Å². The minimum absolute atomic E-state index is 0.184. The summed E-state index contributed by atoms with van der Waals surface area (Å²) < 4.78 is 5.19. The molecule has 3 N–H and O–H groups in total. The lowest BCUT2D eigenvalue weighted by Crippen LogP contribution is -2.12. The Balaban J connectivity index is 1.37. The molecule has 2 aromatic carbocycles. The molecule has 0 saturated heterocycles. The molecule has 0 fully saturated rings. The number of fused-ring (bicyclic) bond motifs is 1. The average molecular weight is 384 g/mol. The molecule has 1 amide bonds. The molecule has 0 radical (unpaired) electrons. The Bertz CT molecular complexity index is 1160. The van der Waals surface area contributed by atoms with Gasteiger partial charge in [-0.1, -0.05) is 16.8 Å². The number of aromatic nitrogens is 4. The van der Waals surface area contributed by atoms with E-state index in [2.05, 4.69) is 25.4 Å². The van der Waals surface area contributed by atoms with Crippen LogP contribution in [0.4, 0.5) is 5.69 Å². The van der Waals surface area contributed by atoms with E-state index in [1.807, 2.05) is 0 Å². The number of aromatic amines is 2. The molecule has 0 aliphatic carbocycles. The predicted molar refractivity (Wildman–Crippen MR) is 101 cm³/mol. The number of halogens is 1. The molecule has 27 heavy (non-hydrogen) atoms. The Kier molecular flexibility index (Phi) is 4.47. The molecule has 0 atom stereocenters. The molecular weight excluding hydrogens is 370 g/mol. The molecule has 0 aliphatic heterocycles. The Hall–Kier alpha value is -3.39. The summed E-state index contributed by atoms with van der Waals surface area (Å²) in [4.78, 5) is 33.0. The first kappa shape index (κ1) is 17.0. The van der Waals surface area contributed by atoms with Gasteiger partial charge in [0.05, 0.1) is 11.0 Å². The molecule has 9 heteroatoms. The zero-order valence-corrected chi connectivity index (χ0v) is 14.7. The van der Waals surface area contributed by atoms with Crippen LogP contribution in [-0.4, -0.2) is 26.0 Å². The number of benzene rings is 2. The SMILES string of the molecule is O=C(CCc1nc(-c2ccc(Cl)cc2)no1)Nc1ccc2[nH]c(=O)[nH]c2c1. The van der Waals surface area contributed by atoms with E-state index in [0.717, 1.165) is 5.56 Å². The van der Waals surface area contributed by atoms with E-state index in [4.69, 9.17) is 16.1 Å². The average Bonchev–Trinajstić information content (AvgIpc) is 3.26. The Morgan fingerprint density at radius 3 is 2.70 bits per heavy atom. The minimum atomic E-state index is -0.290. The summed E-state index contributed by atoms with van der Waals surface area (Å²) in [6.45, 7) is 0. The summed E-state index contributed by atoms with van der Waals surface area (Å²) in [5.74, 6) is 0.628. The zero-order chi connectivity index (χ0) is 18.8. The smallest absolute Gasteiger partial charge is 0.323 e. The van der Waals surface area contributed by atoms with Crippen molar-refractivity contribution in [2.75, 3.05) is 5.32 Å². The Morgan fingerprint density at radius 1 is 1.11 bits per heavy atom. The standard InChI is InChI=1S/C18H14ClN5O3/c19-11-3-1-10(2-4-11)17-23-16(27-24-17)8-7-15(25)20-12-5-6-13-14(9-12)22-18(26)21-13/h1-6,9H,7-8H2,(H,20,25)(H2,21,22,26). The van der Waals surface area contributed by atoms with E-state index in [0.29, 0.717) is 39.9 Å². The van der Waals surface area contributed by atoms with Crippen LogP contribution >= 0.6 is 11.6 Å². The lowest BCUT2D eigenvalue weighted by atomic mass is 10.2. The van der Waals surface area contributed by atoms with Gasteiger partial charge in [0.25, 0.3) is 0 Å². The molecule has 2 heterocycles. The van der Waals surface area contributed by atoms with Crippen LogP contribution in [0, 0.1) is 0 Å². The summed E-state index contributed by atoms with van der Waals surface area (Å²) >= 11 is 5.86. The van der Waals surface area contributed by atoms with E-state index in [9.17, 15) is 9.59 Å². The topological polar surface area (TPSA) is 117 Å². The minimum Gasteiger partial charge on any atom is -0.339 e. The first-order chi connectivity index (χ1) is 13.1. The summed E-state index contributed by atoms with van der Waals surface area (Å²) in [6.07, 6.45) is 0.500. The molecule has 4 rings (SSSR count). The van der Waals surface area contributed by atoms with E-state index >= 15 is 0 Å². The molecule has 0 aliphatic rings. The number of hydrogen-bond acceptors (Lipinski definition) is 5. The molecular formula is C18H14ClN5O3. The quantitative estimate of drug-likeness (QED) is 0.489. The van der Waals surface area contributed by atoms with Crippen LogP contribution in [0.1, 0.15) is 12.3 Å². The number of carbonyl (C=O) groups excluding carboxylic acids is 1. The molecule has 2 aromatic heterocycles. The van der Waals surface area contributed by atoms with Crippen molar-refractivity contribution in [3.8, 4) is 11.4 Å². The fourth-order valence-corrected chi connectivity index (χ4v) is 2.75. The molecule has 8 nitrogen and oxygen atoms in total. The van der Waals surface area contributed by atoms with Gasteiger partial charge in [0, 0.05) is 29.1 Å². The number of nitrogens with zero attached hydrogens (tertiary/aromatic N) is 2. The number of aryl methyl sites for hydroxylation is 1. The normalized spacial score (nSPS) is 11.0. The van der Waals surface area contributed by atoms with Crippen LogP contribution in [0.15, 0.2) is 51.8 Å². The van der Waals surface area contributed by atoms with Gasteiger partial charge in [-0.2, -0.15) is 4.98 Å². The number of rotatable bonds is 5. The Morgan fingerprint density at radius 2 is 1.89 bits per heavy atom. The van der Waals surface area contributed by atoms with Gasteiger partial charge in [-0.25, -0.2) is 4.79 Å². The Labute approximate surface area is 157 Å². The lowest BCUT2D eigenvalue weighted by molar-refractivity contribution is -0.116. The maximum Gasteiger partial charge on any atom is 0.323 e. The molecule has 0 bridgehead atoms. The maximum atomic E-state index is 12.1. The van der Waals surface area contributed by atoms with Gasteiger partial charge >= 0.3 is 5.69 Å². The van der Waals surface area contributed by atoms with Gasteiger partial charge < -0.3 is 19.8 Å². The first-order valence-corrected chi connectivity index (χ1v) is 8.55.